The number of likely N-dealkylation sites (tertiary alicyclic amines) is 1. The predicted octanol–water partition coefficient (Wildman–Crippen LogP) is 1.62. The van der Waals surface area contributed by atoms with E-state index in [9.17, 15) is 23.1 Å². The maximum Gasteiger partial charge on any atom is 0.326 e. The lowest BCUT2D eigenvalue weighted by atomic mass is 9.91. The van der Waals surface area contributed by atoms with E-state index in [-0.39, 0.29) is 22.9 Å². The fourth-order valence-corrected chi connectivity index (χ4v) is 4.11. The molecule has 0 aliphatic carbocycles. The van der Waals surface area contributed by atoms with E-state index in [0.717, 1.165) is 6.42 Å². The van der Waals surface area contributed by atoms with Crippen molar-refractivity contribution in [3.05, 3.63) is 29.3 Å². The molecule has 1 saturated heterocycles. The molecule has 1 aromatic carbocycles. The van der Waals surface area contributed by atoms with Gasteiger partial charge in [0.25, 0.3) is 5.91 Å². The van der Waals surface area contributed by atoms with Crippen LogP contribution in [0.15, 0.2) is 23.1 Å². The molecule has 8 heteroatoms. The minimum atomic E-state index is -3.69. The second-order valence-electron chi connectivity index (χ2n) is 6.46. The van der Waals surface area contributed by atoms with Crippen LogP contribution in [0.4, 0.5) is 0 Å². The largest absolute Gasteiger partial charge is 0.480 e. The summed E-state index contributed by atoms with van der Waals surface area (Å²) in [5, 5.41) is 9.45. The molecule has 2 rings (SSSR count). The summed E-state index contributed by atoms with van der Waals surface area (Å²) in [5.41, 5.74) is 0.836. The van der Waals surface area contributed by atoms with Crippen molar-refractivity contribution in [3.8, 4) is 0 Å². The monoisotopic (exact) mass is 368 g/mol. The molecule has 1 amide bonds. The lowest BCUT2D eigenvalue weighted by molar-refractivity contribution is -0.144. The zero-order chi connectivity index (χ0) is 18.8. The molecule has 0 radical (unpaired) electrons. The van der Waals surface area contributed by atoms with E-state index in [0.29, 0.717) is 18.5 Å². The van der Waals surface area contributed by atoms with Crippen LogP contribution >= 0.6 is 0 Å². The van der Waals surface area contributed by atoms with Crippen LogP contribution < -0.4 is 4.72 Å². The third-order valence-electron chi connectivity index (χ3n) is 4.49. The molecule has 2 N–H and O–H groups in total. The van der Waals surface area contributed by atoms with Gasteiger partial charge in [0.05, 0.1) is 4.90 Å². The number of aliphatic carboxylic acids is 1. The first-order valence-corrected chi connectivity index (χ1v) is 9.79. The van der Waals surface area contributed by atoms with E-state index in [2.05, 4.69) is 4.72 Å². The highest BCUT2D eigenvalue weighted by Gasteiger charge is 2.35. The van der Waals surface area contributed by atoms with Gasteiger partial charge >= 0.3 is 5.97 Å². The average molecular weight is 368 g/mol. The number of nitrogens with one attached hydrogen (secondary N) is 1. The number of hydrogen-bond donors (Lipinski definition) is 2. The third-order valence-corrected chi connectivity index (χ3v) is 6.04. The van der Waals surface area contributed by atoms with Crippen LogP contribution in [-0.2, 0) is 14.8 Å². The van der Waals surface area contributed by atoms with Gasteiger partial charge in [0.1, 0.15) is 6.04 Å². The first-order valence-electron chi connectivity index (χ1n) is 8.31. The molecule has 1 heterocycles. The molecular weight excluding hydrogens is 344 g/mol. The van der Waals surface area contributed by atoms with E-state index < -0.39 is 27.9 Å². The molecule has 25 heavy (non-hydrogen) atoms. The van der Waals surface area contributed by atoms with Gasteiger partial charge in [-0.2, -0.15) is 0 Å². The Labute approximate surface area is 148 Å². The van der Waals surface area contributed by atoms with Crippen LogP contribution in [-0.4, -0.2) is 49.4 Å². The summed E-state index contributed by atoms with van der Waals surface area (Å²) < 4.78 is 26.7. The molecule has 2 unspecified atom stereocenters. The first kappa shape index (κ1) is 19.4. The van der Waals surface area contributed by atoms with Crippen molar-refractivity contribution in [1.29, 1.82) is 0 Å². The fourth-order valence-electron chi connectivity index (χ4n) is 3.05. The highest BCUT2D eigenvalue weighted by atomic mass is 32.2. The van der Waals surface area contributed by atoms with Gasteiger partial charge in [-0.15, -0.1) is 0 Å². The Kier molecular flexibility index (Phi) is 5.84. The van der Waals surface area contributed by atoms with Crippen LogP contribution in [0.25, 0.3) is 0 Å². The molecule has 1 fully saturated rings. The van der Waals surface area contributed by atoms with Crippen molar-refractivity contribution < 1.29 is 23.1 Å². The number of amides is 1. The summed E-state index contributed by atoms with van der Waals surface area (Å²) in [6, 6.07) is 3.45. The number of sulfonamides is 1. The number of nitrogens with zero attached hydrogens (tertiary/aromatic N) is 1. The number of carboxylic acid groups (broad SMARTS) is 1. The highest BCUT2D eigenvalue weighted by molar-refractivity contribution is 7.89. The van der Waals surface area contributed by atoms with Crippen LogP contribution in [0.5, 0.6) is 0 Å². The number of hydrogen-bond acceptors (Lipinski definition) is 4. The van der Waals surface area contributed by atoms with Crippen molar-refractivity contribution in [2.45, 2.75) is 44.6 Å². The summed E-state index contributed by atoms with van der Waals surface area (Å²) in [7, 11) is -3.69. The van der Waals surface area contributed by atoms with Gasteiger partial charge in [-0.1, -0.05) is 19.9 Å². The second-order valence-corrected chi connectivity index (χ2v) is 8.23. The fraction of sp³-hybridized carbons (Fsp3) is 0.529. The summed E-state index contributed by atoms with van der Waals surface area (Å²) in [6.07, 6.45) is 1.12. The van der Waals surface area contributed by atoms with Gasteiger partial charge in [-0.3, -0.25) is 4.79 Å². The van der Waals surface area contributed by atoms with Crippen LogP contribution in [0.3, 0.4) is 0 Å². The Morgan fingerprint density at radius 1 is 1.36 bits per heavy atom. The maximum absolute atomic E-state index is 12.9. The Morgan fingerprint density at radius 3 is 2.64 bits per heavy atom. The minimum Gasteiger partial charge on any atom is -0.480 e. The van der Waals surface area contributed by atoms with Crippen LogP contribution in [0.1, 0.15) is 42.6 Å². The molecule has 1 aliphatic heterocycles. The van der Waals surface area contributed by atoms with Crippen molar-refractivity contribution in [3.63, 3.8) is 0 Å². The van der Waals surface area contributed by atoms with Crippen molar-refractivity contribution in [2.75, 3.05) is 13.1 Å². The maximum atomic E-state index is 12.9. The van der Waals surface area contributed by atoms with Gasteiger partial charge in [-0.05, 0) is 43.4 Å². The lowest BCUT2D eigenvalue weighted by Crippen LogP contribution is -2.50. The third kappa shape index (κ3) is 4.19. The predicted molar refractivity (Wildman–Crippen MR) is 92.9 cm³/mol. The van der Waals surface area contributed by atoms with Gasteiger partial charge in [0.15, 0.2) is 0 Å². The number of piperidine rings is 1. The van der Waals surface area contributed by atoms with Crippen molar-refractivity contribution >= 4 is 21.9 Å². The number of carbonyl (C=O) groups excluding carboxylic acids is 1. The van der Waals surface area contributed by atoms with Gasteiger partial charge in [0, 0.05) is 18.7 Å². The van der Waals surface area contributed by atoms with E-state index in [1.165, 1.54) is 17.0 Å². The Hall–Kier alpha value is -1.93. The molecule has 7 nitrogen and oxygen atoms in total. The number of carbonyl (C=O) groups is 2. The Morgan fingerprint density at radius 2 is 2.04 bits per heavy atom. The zero-order valence-electron chi connectivity index (χ0n) is 14.7. The van der Waals surface area contributed by atoms with Crippen molar-refractivity contribution in [1.82, 2.24) is 9.62 Å². The molecule has 0 saturated carbocycles. The Bertz CT molecular complexity index is 775. The molecule has 0 spiro atoms. The molecule has 2 atom stereocenters. The van der Waals surface area contributed by atoms with Crippen molar-refractivity contribution in [2.24, 2.45) is 5.92 Å². The van der Waals surface area contributed by atoms with E-state index >= 15 is 0 Å². The molecule has 0 aromatic heterocycles. The summed E-state index contributed by atoms with van der Waals surface area (Å²) in [4.78, 5) is 25.8. The van der Waals surface area contributed by atoms with E-state index in [1.54, 1.807) is 19.9 Å². The second kappa shape index (κ2) is 7.53. The standard InChI is InChI=1S/C17H24N2O5S/c1-4-18-25(23,24)13-6-5-12(3)14(10-13)16(20)19-8-7-11(2)9-15(19)17(21)22/h5-6,10-11,15,18H,4,7-9H2,1-3H3,(H,21,22). The van der Waals surface area contributed by atoms with E-state index in [1.807, 2.05) is 6.92 Å². The number of benzene rings is 1. The average Bonchev–Trinajstić information content (AvgIpc) is 2.54. The summed E-state index contributed by atoms with van der Waals surface area (Å²) in [5.74, 6) is -1.24. The number of carboxylic acids is 1. The van der Waals surface area contributed by atoms with Gasteiger partial charge in [-0.25, -0.2) is 17.9 Å². The molecule has 0 bridgehead atoms. The molecule has 1 aromatic rings. The molecular formula is C17H24N2O5S. The molecule has 138 valence electrons. The van der Waals surface area contributed by atoms with Crippen LogP contribution in [0, 0.1) is 12.8 Å². The summed E-state index contributed by atoms with van der Waals surface area (Å²) in [6.45, 7) is 5.93. The topological polar surface area (TPSA) is 104 Å². The first-order chi connectivity index (χ1) is 11.7. The van der Waals surface area contributed by atoms with E-state index in [4.69, 9.17) is 0 Å². The number of rotatable bonds is 5. The normalized spacial score (nSPS) is 21.2. The Balaban J connectivity index is 2.40. The summed E-state index contributed by atoms with van der Waals surface area (Å²) >= 11 is 0. The zero-order valence-corrected chi connectivity index (χ0v) is 15.5. The van der Waals surface area contributed by atoms with Gasteiger partial charge < -0.3 is 10.0 Å². The minimum absolute atomic E-state index is 0.000512. The quantitative estimate of drug-likeness (QED) is 0.822. The molecule has 1 aliphatic rings. The van der Waals surface area contributed by atoms with Crippen LogP contribution in [0.2, 0.25) is 0 Å². The van der Waals surface area contributed by atoms with Gasteiger partial charge in [0.2, 0.25) is 10.0 Å². The SMILES string of the molecule is CCNS(=O)(=O)c1ccc(C)c(C(=O)N2CCC(C)CC2C(=O)O)c1. The highest BCUT2D eigenvalue weighted by Crippen LogP contribution is 2.26. The number of aryl methyl sites for hydroxylation is 1. The lowest BCUT2D eigenvalue weighted by Gasteiger charge is -2.36. The smallest absolute Gasteiger partial charge is 0.326 e.